The molecule has 0 spiro atoms. The number of amides is 1. The van der Waals surface area contributed by atoms with Crippen LogP contribution in [0.5, 0.6) is 0 Å². The summed E-state index contributed by atoms with van der Waals surface area (Å²) >= 11 is 0. The molecular formula is C11H26N4O2. The van der Waals surface area contributed by atoms with E-state index in [0.29, 0.717) is 6.54 Å². The van der Waals surface area contributed by atoms with Crippen LogP contribution >= 0.6 is 0 Å². The summed E-state index contributed by atoms with van der Waals surface area (Å²) < 4.78 is 0. The summed E-state index contributed by atoms with van der Waals surface area (Å²) in [5.41, 5.74) is 0. The molecule has 6 nitrogen and oxygen atoms in total. The van der Waals surface area contributed by atoms with Gasteiger partial charge >= 0.3 is 0 Å². The first-order valence-corrected chi connectivity index (χ1v) is 6.07. The standard InChI is InChI=1S/C11H26N4O2/c1-12-6-4-5-10(14-3)11(17)15-9(8-16)7-13-2/h9-10,12-14,16H,4-8H2,1-3H3,(H,15,17)/t9-,10-/m0/s1. The fourth-order valence-corrected chi connectivity index (χ4v) is 1.60. The highest BCUT2D eigenvalue weighted by atomic mass is 16.3. The Morgan fingerprint density at radius 3 is 2.41 bits per heavy atom. The van der Waals surface area contributed by atoms with E-state index < -0.39 is 0 Å². The predicted octanol–water partition coefficient (Wildman–Crippen LogP) is -1.73. The van der Waals surface area contributed by atoms with E-state index in [9.17, 15) is 4.79 Å². The van der Waals surface area contributed by atoms with Crippen molar-refractivity contribution in [1.29, 1.82) is 0 Å². The molecule has 1 amide bonds. The Balaban J connectivity index is 4.04. The molecule has 102 valence electrons. The summed E-state index contributed by atoms with van der Waals surface area (Å²) in [5, 5.41) is 20.9. The van der Waals surface area contributed by atoms with Crippen molar-refractivity contribution in [3.05, 3.63) is 0 Å². The third-order valence-electron chi connectivity index (χ3n) is 2.60. The summed E-state index contributed by atoms with van der Waals surface area (Å²) in [6.07, 6.45) is 1.71. The summed E-state index contributed by atoms with van der Waals surface area (Å²) in [7, 11) is 5.45. The maximum absolute atomic E-state index is 11.9. The van der Waals surface area contributed by atoms with E-state index in [1.807, 2.05) is 7.05 Å². The normalized spacial score (nSPS) is 14.4. The molecule has 0 aliphatic heterocycles. The quantitative estimate of drug-likeness (QED) is 0.296. The minimum Gasteiger partial charge on any atom is -0.394 e. The molecule has 0 aliphatic carbocycles. The number of aliphatic hydroxyl groups is 1. The van der Waals surface area contributed by atoms with E-state index >= 15 is 0 Å². The molecule has 0 radical (unpaired) electrons. The average molecular weight is 246 g/mol. The number of nitrogens with one attached hydrogen (secondary N) is 4. The van der Waals surface area contributed by atoms with E-state index in [1.165, 1.54) is 0 Å². The van der Waals surface area contributed by atoms with Gasteiger partial charge in [0, 0.05) is 6.54 Å². The van der Waals surface area contributed by atoms with Crippen molar-refractivity contribution < 1.29 is 9.90 Å². The number of carbonyl (C=O) groups is 1. The van der Waals surface area contributed by atoms with Crippen LogP contribution in [0.3, 0.4) is 0 Å². The second-order valence-corrected chi connectivity index (χ2v) is 4.03. The molecule has 0 rings (SSSR count). The lowest BCUT2D eigenvalue weighted by Crippen LogP contribution is -2.50. The van der Waals surface area contributed by atoms with E-state index in [1.54, 1.807) is 14.1 Å². The van der Waals surface area contributed by atoms with Crippen molar-refractivity contribution in [3.8, 4) is 0 Å². The molecule has 0 saturated heterocycles. The van der Waals surface area contributed by atoms with Gasteiger partial charge in [-0.15, -0.1) is 0 Å². The summed E-state index contributed by atoms with van der Waals surface area (Å²) in [6, 6.07) is -0.429. The van der Waals surface area contributed by atoms with Crippen LogP contribution in [-0.4, -0.2) is 63.9 Å². The zero-order valence-electron chi connectivity index (χ0n) is 11.0. The summed E-state index contributed by atoms with van der Waals surface area (Å²) in [6.45, 7) is 1.40. The molecule has 5 N–H and O–H groups in total. The lowest BCUT2D eigenvalue weighted by atomic mass is 10.1. The highest BCUT2D eigenvalue weighted by molar-refractivity contribution is 5.82. The molecule has 17 heavy (non-hydrogen) atoms. The van der Waals surface area contributed by atoms with Crippen molar-refractivity contribution in [2.75, 3.05) is 40.8 Å². The summed E-state index contributed by atoms with van der Waals surface area (Å²) in [4.78, 5) is 11.9. The Morgan fingerprint density at radius 1 is 1.24 bits per heavy atom. The second-order valence-electron chi connectivity index (χ2n) is 4.03. The number of aliphatic hydroxyl groups excluding tert-OH is 1. The maximum atomic E-state index is 11.9. The van der Waals surface area contributed by atoms with Gasteiger partial charge in [0.25, 0.3) is 0 Å². The molecule has 0 heterocycles. The third-order valence-corrected chi connectivity index (χ3v) is 2.60. The Hall–Kier alpha value is -0.690. The molecular weight excluding hydrogens is 220 g/mol. The van der Waals surface area contributed by atoms with Crippen molar-refractivity contribution in [1.82, 2.24) is 21.3 Å². The zero-order valence-corrected chi connectivity index (χ0v) is 11.0. The first kappa shape index (κ1) is 16.3. The fourth-order valence-electron chi connectivity index (χ4n) is 1.60. The van der Waals surface area contributed by atoms with Gasteiger partial charge in [0.05, 0.1) is 18.7 Å². The van der Waals surface area contributed by atoms with E-state index in [0.717, 1.165) is 19.4 Å². The molecule has 0 unspecified atom stereocenters. The van der Waals surface area contributed by atoms with Gasteiger partial charge in [-0.25, -0.2) is 0 Å². The largest absolute Gasteiger partial charge is 0.394 e. The van der Waals surface area contributed by atoms with Crippen molar-refractivity contribution in [2.45, 2.75) is 24.9 Å². The number of hydrogen-bond acceptors (Lipinski definition) is 5. The molecule has 6 heteroatoms. The lowest BCUT2D eigenvalue weighted by molar-refractivity contribution is -0.124. The Labute approximate surface area is 104 Å². The van der Waals surface area contributed by atoms with Crippen molar-refractivity contribution >= 4 is 5.91 Å². The highest BCUT2D eigenvalue weighted by Gasteiger charge is 2.18. The molecule has 0 aromatic rings. The van der Waals surface area contributed by atoms with Gasteiger partial charge in [0.2, 0.25) is 5.91 Å². The Bertz CT molecular complexity index is 202. The Kier molecular flexibility index (Phi) is 10.0. The fraction of sp³-hybridized carbons (Fsp3) is 0.909. The van der Waals surface area contributed by atoms with Crippen LogP contribution in [0.25, 0.3) is 0 Å². The lowest BCUT2D eigenvalue weighted by Gasteiger charge is -2.21. The topological polar surface area (TPSA) is 85.4 Å². The molecule has 2 atom stereocenters. The minimum absolute atomic E-state index is 0.0560. The number of carbonyl (C=O) groups excluding carboxylic acids is 1. The number of hydrogen-bond donors (Lipinski definition) is 5. The van der Waals surface area contributed by atoms with Gasteiger partial charge in [0.1, 0.15) is 0 Å². The van der Waals surface area contributed by atoms with Crippen LogP contribution < -0.4 is 21.3 Å². The second kappa shape index (κ2) is 10.5. The van der Waals surface area contributed by atoms with Gasteiger partial charge in [-0.05, 0) is 40.5 Å². The van der Waals surface area contributed by atoms with Crippen molar-refractivity contribution in [2.24, 2.45) is 0 Å². The molecule has 0 aromatic carbocycles. The van der Waals surface area contributed by atoms with Crippen LogP contribution in [0.4, 0.5) is 0 Å². The molecule has 0 bridgehead atoms. The SMILES string of the molecule is CNCCC[C@H](NC)C(=O)N[C@H](CO)CNC. The van der Waals surface area contributed by atoms with Gasteiger partial charge < -0.3 is 26.4 Å². The first-order valence-electron chi connectivity index (χ1n) is 6.07. The van der Waals surface area contributed by atoms with Crippen LogP contribution in [0.1, 0.15) is 12.8 Å². The van der Waals surface area contributed by atoms with E-state index in [2.05, 4.69) is 21.3 Å². The molecule has 0 aromatic heterocycles. The van der Waals surface area contributed by atoms with Gasteiger partial charge in [-0.3, -0.25) is 4.79 Å². The van der Waals surface area contributed by atoms with Crippen LogP contribution in [0.2, 0.25) is 0 Å². The van der Waals surface area contributed by atoms with Crippen LogP contribution in [0, 0.1) is 0 Å². The Morgan fingerprint density at radius 2 is 1.94 bits per heavy atom. The van der Waals surface area contributed by atoms with E-state index in [4.69, 9.17) is 5.11 Å². The van der Waals surface area contributed by atoms with Crippen LogP contribution in [0.15, 0.2) is 0 Å². The molecule has 0 aliphatic rings. The van der Waals surface area contributed by atoms with E-state index in [-0.39, 0.29) is 24.6 Å². The summed E-state index contributed by atoms with van der Waals surface area (Å²) in [5.74, 6) is -0.0575. The predicted molar refractivity (Wildman–Crippen MR) is 69.0 cm³/mol. The maximum Gasteiger partial charge on any atom is 0.237 e. The minimum atomic E-state index is -0.229. The monoisotopic (exact) mass is 246 g/mol. The van der Waals surface area contributed by atoms with Crippen LogP contribution in [-0.2, 0) is 4.79 Å². The number of rotatable bonds is 10. The third kappa shape index (κ3) is 7.27. The average Bonchev–Trinajstić information content (AvgIpc) is 2.34. The van der Waals surface area contributed by atoms with Crippen molar-refractivity contribution in [3.63, 3.8) is 0 Å². The van der Waals surface area contributed by atoms with Gasteiger partial charge in [-0.2, -0.15) is 0 Å². The highest BCUT2D eigenvalue weighted by Crippen LogP contribution is 1.97. The smallest absolute Gasteiger partial charge is 0.237 e. The zero-order chi connectivity index (χ0) is 13.1. The molecule has 0 saturated carbocycles. The molecule has 0 fully saturated rings. The number of likely N-dealkylation sites (N-methyl/N-ethyl adjacent to an activating group) is 2. The first-order chi connectivity index (χ1) is 8.19. The van der Waals surface area contributed by atoms with Gasteiger partial charge in [-0.1, -0.05) is 0 Å². The van der Waals surface area contributed by atoms with Gasteiger partial charge in [0.15, 0.2) is 0 Å².